The third kappa shape index (κ3) is 55.0. The molecule has 0 radical (unpaired) electrons. The number of rotatable bonds is 55. The van der Waals surface area contributed by atoms with Crippen LogP contribution in [0.5, 0.6) is 0 Å². The zero-order chi connectivity index (χ0) is 51.0. The Bertz CT molecular complexity index is 1330. The van der Waals surface area contributed by atoms with Crippen molar-refractivity contribution in [3.8, 4) is 0 Å². The molecule has 0 fully saturated rings. The standard InChI is InChI=1S/C60H110NO8P/c1-3-5-7-9-11-13-15-17-19-21-22-23-24-25-26-27-28-29-30-31-32-33-34-35-36-37-39-41-43-45-47-49-51-53-60(63)69-58(57-68-70(64,65)67-55-54-61)56-66-59(62)52-50-48-46-44-42-40-38-20-18-16-14-12-10-8-6-4-2/h5,7,11,13,17,19,22-23,25-26,58H,3-4,6,8-10,12,14-16,18,20-21,24,27-57,61H2,1-2H3,(H,64,65)/b7-5-,13-11-,19-17-,23-22-,26-25-. The molecule has 0 aromatic carbocycles. The molecule has 0 spiro atoms. The van der Waals surface area contributed by atoms with Gasteiger partial charge in [-0.2, -0.15) is 0 Å². The molecule has 3 N–H and O–H groups in total. The summed E-state index contributed by atoms with van der Waals surface area (Å²) in [5.41, 5.74) is 5.38. The molecule has 0 heterocycles. The number of hydrogen-bond donors (Lipinski definition) is 2. The number of phosphoric acid groups is 1. The Morgan fingerprint density at radius 3 is 1.17 bits per heavy atom. The molecular formula is C60H110NO8P. The van der Waals surface area contributed by atoms with Crippen molar-refractivity contribution in [2.45, 2.75) is 283 Å². The van der Waals surface area contributed by atoms with Crippen LogP contribution in [0.15, 0.2) is 60.8 Å². The maximum Gasteiger partial charge on any atom is 0.472 e. The molecule has 0 aliphatic carbocycles. The molecule has 0 saturated carbocycles. The molecule has 408 valence electrons. The van der Waals surface area contributed by atoms with Gasteiger partial charge in [-0.05, 0) is 57.8 Å². The minimum absolute atomic E-state index is 0.0544. The van der Waals surface area contributed by atoms with Gasteiger partial charge in [0.05, 0.1) is 13.2 Å². The lowest BCUT2D eigenvalue weighted by Crippen LogP contribution is -2.29. The highest BCUT2D eigenvalue weighted by atomic mass is 31.2. The van der Waals surface area contributed by atoms with Gasteiger partial charge in [-0.1, -0.05) is 267 Å². The van der Waals surface area contributed by atoms with Crippen molar-refractivity contribution in [3.05, 3.63) is 60.8 Å². The van der Waals surface area contributed by atoms with Crippen LogP contribution >= 0.6 is 7.82 Å². The van der Waals surface area contributed by atoms with E-state index in [0.717, 1.165) is 70.6 Å². The van der Waals surface area contributed by atoms with E-state index in [9.17, 15) is 19.0 Å². The highest BCUT2D eigenvalue weighted by Crippen LogP contribution is 2.43. The molecule has 0 aliphatic rings. The van der Waals surface area contributed by atoms with Crippen LogP contribution in [-0.4, -0.2) is 49.3 Å². The molecule has 0 rings (SSSR count). The lowest BCUT2D eigenvalue weighted by atomic mass is 10.0. The highest BCUT2D eigenvalue weighted by molar-refractivity contribution is 7.47. The fourth-order valence-corrected chi connectivity index (χ4v) is 9.14. The number of allylic oxidation sites excluding steroid dienone is 10. The van der Waals surface area contributed by atoms with E-state index < -0.39 is 26.5 Å². The number of phosphoric ester groups is 1. The third-order valence-electron chi connectivity index (χ3n) is 12.7. The van der Waals surface area contributed by atoms with E-state index in [0.29, 0.717) is 6.42 Å². The van der Waals surface area contributed by atoms with Crippen LogP contribution in [0.1, 0.15) is 277 Å². The van der Waals surface area contributed by atoms with E-state index in [2.05, 4.69) is 74.6 Å². The van der Waals surface area contributed by atoms with Crippen LogP contribution in [0.4, 0.5) is 0 Å². The summed E-state index contributed by atoms with van der Waals surface area (Å²) in [5.74, 6) is -0.815. The molecule has 0 amide bonds. The summed E-state index contributed by atoms with van der Waals surface area (Å²) in [4.78, 5) is 35.1. The van der Waals surface area contributed by atoms with Crippen molar-refractivity contribution >= 4 is 19.8 Å². The van der Waals surface area contributed by atoms with Crippen LogP contribution in [-0.2, 0) is 32.7 Å². The van der Waals surface area contributed by atoms with Gasteiger partial charge in [0.15, 0.2) is 6.10 Å². The summed E-state index contributed by atoms with van der Waals surface area (Å²) in [6, 6.07) is 0. The number of ether oxygens (including phenoxy) is 2. The van der Waals surface area contributed by atoms with Crippen molar-refractivity contribution in [2.24, 2.45) is 5.73 Å². The Balaban J connectivity index is 3.88. The van der Waals surface area contributed by atoms with Crippen LogP contribution in [0.2, 0.25) is 0 Å². The smallest absolute Gasteiger partial charge is 0.462 e. The molecule has 0 aliphatic heterocycles. The van der Waals surface area contributed by atoms with Crippen molar-refractivity contribution in [1.29, 1.82) is 0 Å². The number of carbonyl (C=O) groups excluding carboxylic acids is 2. The first-order chi connectivity index (χ1) is 34.3. The third-order valence-corrected chi connectivity index (χ3v) is 13.7. The predicted octanol–water partition coefficient (Wildman–Crippen LogP) is 18.3. The first kappa shape index (κ1) is 67.7. The Kier molecular flexibility index (Phi) is 54.2. The summed E-state index contributed by atoms with van der Waals surface area (Å²) in [5, 5.41) is 0. The molecule has 0 saturated heterocycles. The number of esters is 2. The normalized spacial score (nSPS) is 13.5. The molecule has 0 bridgehead atoms. The van der Waals surface area contributed by atoms with Gasteiger partial charge < -0.3 is 20.1 Å². The lowest BCUT2D eigenvalue weighted by molar-refractivity contribution is -0.161. The summed E-state index contributed by atoms with van der Waals surface area (Å²) in [6.07, 6.45) is 70.0. The predicted molar refractivity (Wildman–Crippen MR) is 298 cm³/mol. The lowest BCUT2D eigenvalue weighted by Gasteiger charge is -2.19. The van der Waals surface area contributed by atoms with E-state index in [1.807, 2.05) is 0 Å². The quantitative estimate of drug-likeness (QED) is 0.0264. The molecule has 70 heavy (non-hydrogen) atoms. The topological polar surface area (TPSA) is 134 Å². The van der Waals surface area contributed by atoms with Crippen LogP contribution < -0.4 is 5.73 Å². The maximum absolute atomic E-state index is 12.7. The van der Waals surface area contributed by atoms with Crippen molar-refractivity contribution in [2.75, 3.05) is 26.4 Å². The molecule has 10 heteroatoms. The van der Waals surface area contributed by atoms with Crippen LogP contribution in [0.3, 0.4) is 0 Å². The molecule has 2 atom stereocenters. The van der Waals surface area contributed by atoms with Crippen LogP contribution in [0, 0.1) is 0 Å². The zero-order valence-electron chi connectivity index (χ0n) is 45.5. The fraction of sp³-hybridized carbons (Fsp3) is 0.800. The second-order valence-corrected chi connectivity index (χ2v) is 20.9. The second kappa shape index (κ2) is 56.0. The zero-order valence-corrected chi connectivity index (χ0v) is 46.4. The van der Waals surface area contributed by atoms with Crippen molar-refractivity contribution < 1.29 is 37.6 Å². The monoisotopic (exact) mass is 1000 g/mol. The van der Waals surface area contributed by atoms with E-state index in [1.165, 1.54) is 173 Å². The molecule has 2 unspecified atom stereocenters. The molecule has 0 aromatic rings. The Morgan fingerprint density at radius 2 is 0.786 bits per heavy atom. The summed E-state index contributed by atoms with van der Waals surface area (Å²) < 4.78 is 33.0. The van der Waals surface area contributed by atoms with E-state index >= 15 is 0 Å². The van der Waals surface area contributed by atoms with Crippen molar-refractivity contribution in [3.63, 3.8) is 0 Å². The fourth-order valence-electron chi connectivity index (χ4n) is 8.37. The van der Waals surface area contributed by atoms with Gasteiger partial charge in [-0.15, -0.1) is 0 Å². The minimum atomic E-state index is -4.38. The van der Waals surface area contributed by atoms with Gasteiger partial charge in [0.2, 0.25) is 0 Å². The van der Waals surface area contributed by atoms with Gasteiger partial charge in [-0.25, -0.2) is 4.57 Å². The van der Waals surface area contributed by atoms with E-state index in [4.69, 9.17) is 24.3 Å². The Labute approximate surface area is 431 Å². The number of unbranched alkanes of at least 4 members (excludes halogenated alkanes) is 32. The molecule has 0 aromatic heterocycles. The van der Waals surface area contributed by atoms with Gasteiger partial charge in [0.25, 0.3) is 0 Å². The molecule has 9 nitrogen and oxygen atoms in total. The first-order valence-electron chi connectivity index (χ1n) is 29.3. The maximum atomic E-state index is 12.7. The van der Waals surface area contributed by atoms with E-state index in [-0.39, 0.29) is 38.6 Å². The SMILES string of the molecule is CC/C=C\C/C=C\C/C=C\C/C=C\C/C=C\CCCCCCCCCCCCCCCCCCCC(=O)OC(COC(=O)CCCCCCCCCCCCCCCCCC)COP(=O)(O)OCCN. The summed E-state index contributed by atoms with van der Waals surface area (Å²) in [7, 11) is -4.38. The number of hydrogen-bond acceptors (Lipinski definition) is 8. The van der Waals surface area contributed by atoms with Gasteiger partial charge in [0, 0.05) is 19.4 Å². The molecular weight excluding hydrogens is 894 g/mol. The average Bonchev–Trinajstić information content (AvgIpc) is 3.35. The van der Waals surface area contributed by atoms with Gasteiger partial charge in [-0.3, -0.25) is 18.6 Å². The van der Waals surface area contributed by atoms with E-state index in [1.54, 1.807) is 0 Å². The second-order valence-electron chi connectivity index (χ2n) is 19.5. The van der Waals surface area contributed by atoms with Gasteiger partial charge in [0.1, 0.15) is 6.61 Å². The number of carbonyl (C=O) groups is 2. The first-order valence-corrected chi connectivity index (χ1v) is 30.8. The van der Waals surface area contributed by atoms with Crippen molar-refractivity contribution in [1.82, 2.24) is 0 Å². The Hall–Kier alpha value is -2.29. The summed E-state index contributed by atoms with van der Waals surface area (Å²) in [6.45, 7) is 3.67. The average molecular weight is 1000 g/mol. The Morgan fingerprint density at radius 1 is 0.443 bits per heavy atom. The van der Waals surface area contributed by atoms with Crippen LogP contribution in [0.25, 0.3) is 0 Å². The minimum Gasteiger partial charge on any atom is -0.462 e. The summed E-state index contributed by atoms with van der Waals surface area (Å²) >= 11 is 0. The highest BCUT2D eigenvalue weighted by Gasteiger charge is 2.26. The van der Waals surface area contributed by atoms with Gasteiger partial charge >= 0.3 is 19.8 Å². The number of nitrogens with two attached hydrogens (primary N) is 1. The largest absolute Gasteiger partial charge is 0.472 e.